The van der Waals surface area contributed by atoms with E-state index in [0.717, 1.165) is 6.07 Å². The molecule has 47 heavy (non-hydrogen) atoms. The van der Waals surface area contributed by atoms with Crippen molar-refractivity contribution in [2.24, 2.45) is 0 Å². The number of ether oxygens (including phenoxy) is 2. The summed E-state index contributed by atoms with van der Waals surface area (Å²) in [7, 11) is 4.24. The Labute approximate surface area is 274 Å². The van der Waals surface area contributed by atoms with Gasteiger partial charge in [0.25, 0.3) is 11.8 Å². The van der Waals surface area contributed by atoms with Gasteiger partial charge < -0.3 is 19.7 Å². The second kappa shape index (κ2) is 15.0. The standard InChI is InChI=1S/C35H30ClF3N2O6/c1-41(2)33(44)25-19-21(9-7-14-30(42)47-29-18-16-23(20-27(29)36)34(45)46-3)15-17-28(25)40-32(43)31-24(22-10-5-4-6-11-22)12-8-13-26(31)35(37,38)39/h4-6,8,10-13,15-20H,7,9,14H2,1-3H3,(H,40,43). The predicted molar refractivity (Wildman–Crippen MR) is 171 cm³/mol. The van der Waals surface area contributed by atoms with Gasteiger partial charge in [-0.1, -0.05) is 60.1 Å². The van der Waals surface area contributed by atoms with E-state index in [4.69, 9.17) is 16.3 Å². The number of carbonyl (C=O) groups is 4. The van der Waals surface area contributed by atoms with Crippen LogP contribution in [0.3, 0.4) is 0 Å². The number of halogens is 4. The van der Waals surface area contributed by atoms with E-state index in [9.17, 15) is 32.3 Å². The van der Waals surface area contributed by atoms with Gasteiger partial charge in [0.2, 0.25) is 0 Å². The van der Waals surface area contributed by atoms with Crippen LogP contribution in [0.5, 0.6) is 5.75 Å². The zero-order valence-electron chi connectivity index (χ0n) is 25.6. The van der Waals surface area contributed by atoms with Crippen LogP contribution >= 0.6 is 11.6 Å². The lowest BCUT2D eigenvalue weighted by atomic mass is 9.94. The molecule has 0 aromatic heterocycles. The highest BCUT2D eigenvalue weighted by Gasteiger charge is 2.37. The Balaban J connectivity index is 1.53. The molecule has 0 radical (unpaired) electrons. The van der Waals surface area contributed by atoms with Crippen LogP contribution in [-0.4, -0.2) is 49.9 Å². The third-order valence-electron chi connectivity index (χ3n) is 7.07. The van der Waals surface area contributed by atoms with E-state index in [1.807, 2.05) is 0 Å². The van der Waals surface area contributed by atoms with Gasteiger partial charge in [-0.15, -0.1) is 0 Å². The molecule has 0 unspecified atom stereocenters. The zero-order valence-corrected chi connectivity index (χ0v) is 26.4. The highest BCUT2D eigenvalue weighted by molar-refractivity contribution is 6.32. The predicted octanol–water partition coefficient (Wildman–Crippen LogP) is 7.69. The first-order chi connectivity index (χ1) is 22.3. The number of rotatable bonds is 10. The van der Waals surface area contributed by atoms with Crippen molar-refractivity contribution in [3.05, 3.63) is 118 Å². The Morgan fingerprint density at radius 1 is 0.894 bits per heavy atom. The molecular weight excluding hydrogens is 637 g/mol. The van der Waals surface area contributed by atoms with Gasteiger partial charge in [-0.2, -0.15) is 13.2 Å². The van der Waals surface area contributed by atoms with Crippen molar-refractivity contribution in [3.63, 3.8) is 0 Å². The van der Waals surface area contributed by atoms with E-state index in [-0.39, 0.29) is 39.6 Å². The summed E-state index contributed by atoms with van der Waals surface area (Å²) in [5.74, 6) is -2.61. The number of carbonyl (C=O) groups excluding carboxylic acids is 4. The number of esters is 2. The SMILES string of the molecule is COC(=O)c1ccc(OC(=O)CCCc2ccc(NC(=O)c3c(-c4ccccc4)cccc3C(F)(F)F)c(C(=O)N(C)C)c2)c(Cl)c1. The number of hydrogen-bond donors (Lipinski definition) is 1. The summed E-state index contributed by atoms with van der Waals surface area (Å²) in [5, 5.41) is 2.59. The van der Waals surface area contributed by atoms with Gasteiger partial charge in [0.05, 0.1) is 40.1 Å². The molecule has 244 valence electrons. The highest BCUT2D eigenvalue weighted by atomic mass is 35.5. The lowest BCUT2D eigenvalue weighted by molar-refractivity contribution is -0.138. The summed E-state index contributed by atoms with van der Waals surface area (Å²) >= 11 is 6.13. The van der Waals surface area contributed by atoms with Crippen molar-refractivity contribution >= 4 is 41.0 Å². The van der Waals surface area contributed by atoms with E-state index in [0.29, 0.717) is 24.0 Å². The molecule has 8 nitrogen and oxygen atoms in total. The molecule has 0 aliphatic heterocycles. The maximum atomic E-state index is 14.1. The minimum absolute atomic E-state index is 0.0129. The van der Waals surface area contributed by atoms with Crippen LogP contribution in [0.4, 0.5) is 18.9 Å². The van der Waals surface area contributed by atoms with Gasteiger partial charge in [-0.25, -0.2) is 4.79 Å². The van der Waals surface area contributed by atoms with Crippen molar-refractivity contribution in [2.45, 2.75) is 25.4 Å². The molecule has 4 aromatic rings. The molecule has 4 rings (SSSR count). The van der Waals surface area contributed by atoms with Crippen molar-refractivity contribution in [3.8, 4) is 16.9 Å². The smallest absolute Gasteiger partial charge is 0.417 e. The fraction of sp³-hybridized carbons (Fsp3) is 0.200. The highest BCUT2D eigenvalue weighted by Crippen LogP contribution is 2.37. The largest absolute Gasteiger partial charge is 0.465 e. The topological polar surface area (TPSA) is 102 Å². The van der Waals surface area contributed by atoms with E-state index >= 15 is 0 Å². The number of nitrogens with one attached hydrogen (secondary N) is 1. The van der Waals surface area contributed by atoms with Crippen molar-refractivity contribution in [2.75, 3.05) is 26.5 Å². The van der Waals surface area contributed by atoms with E-state index < -0.39 is 41.1 Å². The fourth-order valence-corrected chi connectivity index (χ4v) is 5.01. The van der Waals surface area contributed by atoms with E-state index in [2.05, 4.69) is 10.1 Å². The number of amides is 2. The van der Waals surface area contributed by atoms with Crippen LogP contribution in [0.1, 0.15) is 55.0 Å². The molecule has 0 heterocycles. The quantitative estimate of drug-likeness (QED) is 0.138. The molecule has 12 heteroatoms. The minimum atomic E-state index is -4.82. The lowest BCUT2D eigenvalue weighted by Crippen LogP contribution is -2.25. The fourth-order valence-electron chi connectivity index (χ4n) is 4.79. The molecule has 0 saturated heterocycles. The first kappa shape index (κ1) is 34.7. The summed E-state index contributed by atoms with van der Waals surface area (Å²) in [6, 6.07) is 20.5. The van der Waals surface area contributed by atoms with Gasteiger partial charge in [-0.05, 0) is 65.9 Å². The Morgan fingerprint density at radius 3 is 2.26 bits per heavy atom. The second-order valence-electron chi connectivity index (χ2n) is 10.6. The molecule has 0 fully saturated rings. The van der Waals surface area contributed by atoms with Crippen LogP contribution in [0.15, 0.2) is 84.9 Å². The van der Waals surface area contributed by atoms with E-state index in [1.54, 1.807) is 36.4 Å². The van der Waals surface area contributed by atoms with Gasteiger partial charge >= 0.3 is 18.1 Å². The van der Waals surface area contributed by atoms with Gasteiger partial charge in [0.15, 0.2) is 0 Å². The average Bonchev–Trinajstić information content (AvgIpc) is 3.05. The van der Waals surface area contributed by atoms with Crippen LogP contribution in [0.25, 0.3) is 11.1 Å². The van der Waals surface area contributed by atoms with Gasteiger partial charge in [0, 0.05) is 20.5 Å². The van der Waals surface area contributed by atoms with Crippen molar-refractivity contribution in [1.82, 2.24) is 4.90 Å². The van der Waals surface area contributed by atoms with Crippen LogP contribution in [0, 0.1) is 0 Å². The number of anilines is 1. The first-order valence-electron chi connectivity index (χ1n) is 14.3. The molecule has 2 amide bonds. The Morgan fingerprint density at radius 2 is 1.62 bits per heavy atom. The Hall–Kier alpha value is -5.16. The number of nitrogens with zero attached hydrogens (tertiary/aromatic N) is 1. The zero-order chi connectivity index (χ0) is 34.3. The molecule has 4 aromatic carbocycles. The Bertz CT molecular complexity index is 1810. The maximum Gasteiger partial charge on any atom is 0.417 e. The number of hydrogen-bond acceptors (Lipinski definition) is 6. The number of methoxy groups -OCH3 is 1. The molecular formula is C35H30ClF3N2O6. The van der Waals surface area contributed by atoms with Crippen molar-refractivity contribution < 1.29 is 41.8 Å². The monoisotopic (exact) mass is 666 g/mol. The third-order valence-corrected chi connectivity index (χ3v) is 7.37. The molecule has 1 N–H and O–H groups in total. The molecule has 0 aliphatic rings. The summed E-state index contributed by atoms with van der Waals surface area (Å²) in [4.78, 5) is 52.1. The average molecular weight is 667 g/mol. The maximum absolute atomic E-state index is 14.1. The van der Waals surface area contributed by atoms with Crippen LogP contribution in [-0.2, 0) is 22.1 Å². The molecule has 0 saturated carbocycles. The lowest BCUT2D eigenvalue weighted by Gasteiger charge is -2.19. The number of aryl methyl sites for hydroxylation is 1. The third kappa shape index (κ3) is 8.56. The molecule has 0 atom stereocenters. The number of benzene rings is 4. The molecule has 0 bridgehead atoms. The summed E-state index contributed by atoms with van der Waals surface area (Å²) < 4.78 is 52.2. The number of alkyl halides is 3. The summed E-state index contributed by atoms with van der Waals surface area (Å²) in [6.07, 6.45) is -4.18. The van der Waals surface area contributed by atoms with Crippen LogP contribution in [0.2, 0.25) is 5.02 Å². The van der Waals surface area contributed by atoms with Crippen LogP contribution < -0.4 is 10.1 Å². The normalized spacial score (nSPS) is 11.0. The van der Waals surface area contributed by atoms with Gasteiger partial charge in [0.1, 0.15) is 5.75 Å². The summed E-state index contributed by atoms with van der Waals surface area (Å²) in [6.45, 7) is 0. The van der Waals surface area contributed by atoms with Gasteiger partial charge in [-0.3, -0.25) is 14.4 Å². The minimum Gasteiger partial charge on any atom is -0.465 e. The summed E-state index contributed by atoms with van der Waals surface area (Å²) in [5.41, 5.74) is -0.253. The molecule has 0 aliphatic carbocycles. The molecule has 0 spiro atoms. The van der Waals surface area contributed by atoms with Crippen molar-refractivity contribution in [1.29, 1.82) is 0 Å². The first-order valence-corrected chi connectivity index (χ1v) is 14.7. The second-order valence-corrected chi connectivity index (χ2v) is 11.0. The Kier molecular flexibility index (Phi) is 11.0. The van der Waals surface area contributed by atoms with E-state index in [1.165, 1.54) is 68.6 Å².